The van der Waals surface area contributed by atoms with Crippen LogP contribution in [0.5, 0.6) is 0 Å². The van der Waals surface area contributed by atoms with Crippen LogP contribution in [0.25, 0.3) is 0 Å². The summed E-state index contributed by atoms with van der Waals surface area (Å²) in [5, 5.41) is 3.42. The maximum absolute atomic E-state index is 4.37. The van der Waals surface area contributed by atoms with Gasteiger partial charge in [0.1, 0.15) is 0 Å². The van der Waals surface area contributed by atoms with Crippen LogP contribution >= 0.6 is 0 Å². The lowest BCUT2D eigenvalue weighted by atomic mass is 10.2. The third kappa shape index (κ3) is 5.02. The van der Waals surface area contributed by atoms with Crippen molar-refractivity contribution in [2.75, 3.05) is 33.1 Å². The van der Waals surface area contributed by atoms with E-state index < -0.39 is 0 Å². The van der Waals surface area contributed by atoms with Gasteiger partial charge in [0, 0.05) is 47.0 Å². The van der Waals surface area contributed by atoms with E-state index in [0.717, 1.165) is 19.0 Å². The van der Waals surface area contributed by atoms with Crippen molar-refractivity contribution in [1.29, 1.82) is 0 Å². The van der Waals surface area contributed by atoms with E-state index in [1.54, 1.807) is 0 Å². The highest BCUT2D eigenvalue weighted by Gasteiger charge is 2.06. The Hall–Kier alpha value is -2.49. The summed E-state index contributed by atoms with van der Waals surface area (Å²) < 4.78 is 0. The van der Waals surface area contributed by atoms with Crippen LogP contribution in [0.3, 0.4) is 0 Å². The summed E-state index contributed by atoms with van der Waals surface area (Å²) in [7, 11) is 7.97. The molecule has 0 bridgehead atoms. The molecule has 0 atom stereocenters. The molecule has 2 aromatic carbocycles. The first kappa shape index (κ1) is 16.9. The van der Waals surface area contributed by atoms with E-state index in [1.807, 2.05) is 27.2 Å². The number of guanidine groups is 1. The Kier molecular flexibility index (Phi) is 6.03. The molecule has 0 spiro atoms. The quantitative estimate of drug-likeness (QED) is 0.680. The fraction of sp³-hybridized carbons (Fsp3) is 0.316. The van der Waals surface area contributed by atoms with Gasteiger partial charge >= 0.3 is 0 Å². The minimum Gasteiger partial charge on any atom is -0.378 e. The summed E-state index contributed by atoms with van der Waals surface area (Å²) >= 11 is 0. The fourth-order valence-corrected chi connectivity index (χ4v) is 2.41. The average Bonchev–Trinajstić information content (AvgIpc) is 2.56. The fourth-order valence-electron chi connectivity index (χ4n) is 2.41. The van der Waals surface area contributed by atoms with Crippen molar-refractivity contribution in [2.24, 2.45) is 4.99 Å². The van der Waals surface area contributed by atoms with E-state index in [2.05, 4.69) is 75.7 Å². The van der Waals surface area contributed by atoms with Gasteiger partial charge in [0.05, 0.1) is 0 Å². The molecule has 0 heterocycles. The monoisotopic (exact) mass is 310 g/mol. The Bertz CT molecular complexity index is 618. The van der Waals surface area contributed by atoms with Crippen molar-refractivity contribution in [1.82, 2.24) is 10.2 Å². The van der Waals surface area contributed by atoms with Gasteiger partial charge in [0.15, 0.2) is 5.96 Å². The molecule has 2 aromatic rings. The molecule has 2 rings (SSSR count). The van der Waals surface area contributed by atoms with E-state index in [4.69, 9.17) is 0 Å². The predicted octanol–water partition coefficient (Wildman–Crippen LogP) is 2.96. The average molecular weight is 310 g/mol. The normalized spacial score (nSPS) is 11.2. The van der Waals surface area contributed by atoms with Crippen LogP contribution in [0, 0.1) is 0 Å². The summed E-state index contributed by atoms with van der Waals surface area (Å²) in [5.41, 5.74) is 3.72. The molecule has 122 valence electrons. The highest BCUT2D eigenvalue weighted by molar-refractivity contribution is 5.79. The van der Waals surface area contributed by atoms with Gasteiger partial charge in [0.25, 0.3) is 0 Å². The molecule has 0 fully saturated rings. The van der Waals surface area contributed by atoms with Gasteiger partial charge in [-0.3, -0.25) is 4.99 Å². The molecule has 0 aromatic heterocycles. The summed E-state index contributed by atoms with van der Waals surface area (Å²) in [5.74, 6) is 0.894. The lowest BCUT2D eigenvalue weighted by molar-refractivity contribution is 0.476. The second-order valence-electron chi connectivity index (χ2n) is 5.80. The molecule has 1 N–H and O–H groups in total. The summed E-state index contributed by atoms with van der Waals surface area (Å²) in [6.45, 7) is 1.60. The van der Waals surface area contributed by atoms with Crippen molar-refractivity contribution in [2.45, 2.75) is 13.1 Å². The van der Waals surface area contributed by atoms with Crippen molar-refractivity contribution in [3.05, 3.63) is 65.7 Å². The molecule has 0 saturated carbocycles. The number of hydrogen-bond donors (Lipinski definition) is 1. The minimum absolute atomic E-state index is 0.763. The van der Waals surface area contributed by atoms with E-state index in [-0.39, 0.29) is 0 Å². The lowest BCUT2D eigenvalue weighted by Gasteiger charge is -2.22. The first-order valence-corrected chi connectivity index (χ1v) is 7.82. The van der Waals surface area contributed by atoms with Crippen LogP contribution < -0.4 is 10.2 Å². The number of benzene rings is 2. The maximum atomic E-state index is 4.37. The molecule has 0 unspecified atom stereocenters. The summed E-state index contributed by atoms with van der Waals surface area (Å²) in [6, 6.07) is 19.0. The van der Waals surface area contributed by atoms with Crippen LogP contribution in [-0.4, -0.2) is 39.1 Å². The first-order chi connectivity index (χ1) is 11.1. The van der Waals surface area contributed by atoms with Gasteiger partial charge in [0.2, 0.25) is 0 Å². The van der Waals surface area contributed by atoms with Gasteiger partial charge in [-0.2, -0.15) is 0 Å². The Morgan fingerprint density at radius 2 is 1.57 bits per heavy atom. The molecule has 0 radical (unpaired) electrons. The first-order valence-electron chi connectivity index (χ1n) is 7.82. The van der Waals surface area contributed by atoms with Gasteiger partial charge in [-0.1, -0.05) is 42.5 Å². The predicted molar refractivity (Wildman–Crippen MR) is 98.9 cm³/mol. The largest absolute Gasteiger partial charge is 0.378 e. The van der Waals surface area contributed by atoms with Crippen molar-refractivity contribution < 1.29 is 0 Å². The van der Waals surface area contributed by atoms with E-state index in [0.29, 0.717) is 0 Å². The zero-order valence-electron chi connectivity index (χ0n) is 14.5. The molecule has 4 nitrogen and oxygen atoms in total. The number of nitrogens with zero attached hydrogens (tertiary/aromatic N) is 3. The second-order valence-corrected chi connectivity index (χ2v) is 5.80. The number of nitrogens with one attached hydrogen (secondary N) is 1. The topological polar surface area (TPSA) is 30.9 Å². The van der Waals surface area contributed by atoms with Crippen LogP contribution in [-0.2, 0) is 13.1 Å². The Balaban J connectivity index is 1.91. The zero-order valence-corrected chi connectivity index (χ0v) is 14.5. The van der Waals surface area contributed by atoms with E-state index >= 15 is 0 Å². The highest BCUT2D eigenvalue weighted by atomic mass is 15.3. The Labute approximate surface area is 139 Å². The maximum Gasteiger partial charge on any atom is 0.193 e. The number of aliphatic imine (C=N–C) groups is 1. The number of anilines is 1. The minimum atomic E-state index is 0.763. The summed E-state index contributed by atoms with van der Waals surface area (Å²) in [6.07, 6.45) is 0. The van der Waals surface area contributed by atoms with Gasteiger partial charge in [-0.15, -0.1) is 0 Å². The van der Waals surface area contributed by atoms with Crippen LogP contribution in [0.2, 0.25) is 0 Å². The van der Waals surface area contributed by atoms with Gasteiger partial charge in [-0.25, -0.2) is 0 Å². The second kappa shape index (κ2) is 8.22. The standard InChI is InChI=1S/C19H26N4/c1-20-19(23(4)15-17-8-6-5-7-9-17)21-14-16-10-12-18(13-11-16)22(2)3/h5-13H,14-15H2,1-4H3,(H,20,21). The molecule has 0 aliphatic heterocycles. The SMILES string of the molecule is CN=C(NCc1ccc(N(C)C)cc1)N(C)Cc1ccccc1. The van der Waals surface area contributed by atoms with Crippen LogP contribution in [0.15, 0.2) is 59.6 Å². The molecule has 0 aliphatic rings. The Morgan fingerprint density at radius 1 is 0.913 bits per heavy atom. The lowest BCUT2D eigenvalue weighted by Crippen LogP contribution is -2.38. The molecule has 0 saturated heterocycles. The van der Waals surface area contributed by atoms with Crippen LogP contribution in [0.1, 0.15) is 11.1 Å². The van der Waals surface area contributed by atoms with Crippen LogP contribution in [0.4, 0.5) is 5.69 Å². The van der Waals surface area contributed by atoms with Crippen molar-refractivity contribution in [3.63, 3.8) is 0 Å². The zero-order chi connectivity index (χ0) is 16.7. The van der Waals surface area contributed by atoms with Crippen molar-refractivity contribution >= 4 is 11.6 Å². The third-order valence-corrected chi connectivity index (χ3v) is 3.74. The Morgan fingerprint density at radius 3 is 2.13 bits per heavy atom. The van der Waals surface area contributed by atoms with E-state index in [9.17, 15) is 0 Å². The number of hydrogen-bond acceptors (Lipinski definition) is 2. The molecule has 0 amide bonds. The molecular weight excluding hydrogens is 284 g/mol. The number of rotatable bonds is 5. The van der Waals surface area contributed by atoms with Crippen molar-refractivity contribution in [3.8, 4) is 0 Å². The molecular formula is C19H26N4. The third-order valence-electron chi connectivity index (χ3n) is 3.74. The van der Waals surface area contributed by atoms with E-state index in [1.165, 1.54) is 16.8 Å². The molecule has 23 heavy (non-hydrogen) atoms. The van der Waals surface area contributed by atoms with Gasteiger partial charge in [-0.05, 0) is 23.3 Å². The molecule has 0 aliphatic carbocycles. The highest BCUT2D eigenvalue weighted by Crippen LogP contribution is 2.12. The smallest absolute Gasteiger partial charge is 0.193 e. The van der Waals surface area contributed by atoms with Gasteiger partial charge < -0.3 is 15.1 Å². The molecule has 4 heteroatoms. The summed E-state index contributed by atoms with van der Waals surface area (Å²) in [4.78, 5) is 8.60.